The number of nitrogens with zero attached hydrogens (tertiary/aromatic N) is 1. The van der Waals surface area contributed by atoms with Crippen LogP contribution in [0.1, 0.15) is 33.6 Å². The van der Waals surface area contributed by atoms with Gasteiger partial charge in [-0.15, -0.1) is 0 Å². The number of rotatable bonds is 9. The third-order valence-electron chi connectivity index (χ3n) is 7.57. The number of H-pyrrole nitrogens is 1. The fourth-order valence-electron chi connectivity index (χ4n) is 5.50. The van der Waals surface area contributed by atoms with Gasteiger partial charge in [-0.2, -0.15) is 0 Å². The number of hydrogen-bond donors (Lipinski definition) is 2. The van der Waals surface area contributed by atoms with Gasteiger partial charge in [-0.1, -0.05) is 52.4 Å². The lowest BCUT2D eigenvalue weighted by molar-refractivity contribution is -0.122. The van der Waals surface area contributed by atoms with E-state index < -0.39 is 40.8 Å². The molecule has 0 bridgehead atoms. The molecular formula is C32H25Cl2N3O8S2. The molecule has 6 rings (SSSR count). The van der Waals surface area contributed by atoms with E-state index in [1.807, 2.05) is 0 Å². The van der Waals surface area contributed by atoms with Gasteiger partial charge in [0.25, 0.3) is 5.91 Å². The van der Waals surface area contributed by atoms with Gasteiger partial charge in [0.05, 0.1) is 46.0 Å². The molecule has 3 heterocycles. The molecule has 0 spiro atoms. The largest absolute Gasteiger partial charge is 0.493 e. The molecule has 0 radical (unpaired) electrons. The number of amides is 3. The van der Waals surface area contributed by atoms with E-state index in [1.165, 1.54) is 37.4 Å². The van der Waals surface area contributed by atoms with Crippen LogP contribution in [0.5, 0.6) is 11.5 Å². The van der Waals surface area contributed by atoms with Crippen molar-refractivity contribution in [2.45, 2.75) is 23.1 Å². The van der Waals surface area contributed by atoms with E-state index in [0.29, 0.717) is 42.5 Å². The number of nitrogens with one attached hydrogen (secondary N) is 2. The maximum atomic E-state index is 14.1. The maximum absolute atomic E-state index is 14.1. The molecule has 1 aromatic heterocycles. The van der Waals surface area contributed by atoms with Crippen molar-refractivity contribution in [1.82, 2.24) is 4.98 Å². The SMILES string of the molecule is CCOC(=O)c1ccc(N2C(=O)C3Sc4[nH]c(=O)sc4C(c4ccc(OCC(=O)Nc5ccc(Cl)c(Cl)c5)c(OC)c4)C3C2=O)cc1. The summed E-state index contributed by atoms with van der Waals surface area (Å²) in [7, 11) is 1.44. The Balaban J connectivity index is 1.27. The van der Waals surface area contributed by atoms with E-state index in [1.54, 1.807) is 37.3 Å². The molecule has 15 heteroatoms. The van der Waals surface area contributed by atoms with E-state index >= 15 is 0 Å². The zero-order valence-corrected chi connectivity index (χ0v) is 27.9. The number of carbonyl (C=O) groups is 4. The number of thiazole rings is 1. The number of benzene rings is 3. The van der Waals surface area contributed by atoms with Crippen LogP contribution >= 0.6 is 46.3 Å². The molecule has 3 amide bonds. The van der Waals surface area contributed by atoms with E-state index in [2.05, 4.69) is 10.3 Å². The van der Waals surface area contributed by atoms with Crippen molar-refractivity contribution in [3.63, 3.8) is 0 Å². The molecule has 3 atom stereocenters. The number of hydrogen-bond acceptors (Lipinski definition) is 10. The number of aromatic nitrogens is 1. The number of fused-ring (bicyclic) bond motifs is 2. The highest BCUT2D eigenvalue weighted by Gasteiger charge is 2.56. The first-order valence-corrected chi connectivity index (χ1v) is 16.6. The first kappa shape index (κ1) is 32.6. The van der Waals surface area contributed by atoms with Crippen molar-refractivity contribution in [2.75, 3.05) is 30.5 Å². The number of imide groups is 1. The van der Waals surface area contributed by atoms with Crippen LogP contribution in [0.25, 0.3) is 0 Å². The molecular weight excluding hydrogens is 689 g/mol. The summed E-state index contributed by atoms with van der Waals surface area (Å²) in [4.78, 5) is 69.2. The van der Waals surface area contributed by atoms with Crippen molar-refractivity contribution in [3.05, 3.63) is 96.4 Å². The normalized spacial score (nSPS) is 18.4. The first-order valence-electron chi connectivity index (χ1n) is 14.2. The molecule has 3 unspecified atom stereocenters. The summed E-state index contributed by atoms with van der Waals surface area (Å²) in [5.74, 6) is -2.79. The van der Waals surface area contributed by atoms with Crippen molar-refractivity contribution in [3.8, 4) is 11.5 Å². The van der Waals surface area contributed by atoms with E-state index in [-0.39, 0.29) is 29.6 Å². The number of carbonyl (C=O) groups excluding carboxylic acids is 4. The maximum Gasteiger partial charge on any atom is 0.338 e. The average Bonchev–Trinajstić information content (AvgIpc) is 3.55. The summed E-state index contributed by atoms with van der Waals surface area (Å²) in [6, 6.07) is 15.8. The number of esters is 1. The molecule has 47 heavy (non-hydrogen) atoms. The zero-order chi connectivity index (χ0) is 33.4. The highest BCUT2D eigenvalue weighted by Crippen LogP contribution is 2.53. The molecule has 4 aromatic rings. The number of halogens is 2. The minimum Gasteiger partial charge on any atom is -0.493 e. The summed E-state index contributed by atoms with van der Waals surface area (Å²) in [6.07, 6.45) is 0. The van der Waals surface area contributed by atoms with Crippen molar-refractivity contribution < 1.29 is 33.4 Å². The summed E-state index contributed by atoms with van der Waals surface area (Å²) < 4.78 is 16.4. The Hall–Kier alpha value is -4.30. The zero-order valence-electron chi connectivity index (χ0n) is 24.7. The van der Waals surface area contributed by atoms with Gasteiger partial charge < -0.3 is 24.5 Å². The Morgan fingerprint density at radius 1 is 0.957 bits per heavy atom. The first-order chi connectivity index (χ1) is 22.6. The summed E-state index contributed by atoms with van der Waals surface area (Å²) in [6.45, 7) is 1.57. The lowest BCUT2D eigenvalue weighted by Crippen LogP contribution is -2.32. The molecule has 2 N–H and O–H groups in total. The molecule has 1 saturated heterocycles. The Morgan fingerprint density at radius 2 is 1.72 bits per heavy atom. The second kappa shape index (κ2) is 13.4. The van der Waals surface area contributed by atoms with Crippen LogP contribution in [0.4, 0.5) is 11.4 Å². The van der Waals surface area contributed by atoms with E-state index in [0.717, 1.165) is 28.0 Å². The Kier molecular flexibility index (Phi) is 9.33. The number of methoxy groups -OCH3 is 1. The van der Waals surface area contributed by atoms with E-state index in [4.69, 9.17) is 37.4 Å². The molecule has 0 aliphatic carbocycles. The summed E-state index contributed by atoms with van der Waals surface area (Å²) in [5.41, 5.74) is 1.67. The highest BCUT2D eigenvalue weighted by molar-refractivity contribution is 8.00. The number of anilines is 2. The van der Waals surface area contributed by atoms with Crippen LogP contribution in [0.15, 0.2) is 70.5 Å². The number of thioether (sulfide) groups is 1. The Labute approximate surface area is 286 Å². The van der Waals surface area contributed by atoms with Crippen LogP contribution in [-0.4, -0.2) is 54.2 Å². The second-order valence-corrected chi connectivity index (χ2v) is 13.4. The van der Waals surface area contributed by atoms with Gasteiger partial charge in [0.1, 0.15) is 5.25 Å². The Morgan fingerprint density at radius 3 is 2.43 bits per heavy atom. The molecule has 242 valence electrons. The molecule has 11 nitrogen and oxygen atoms in total. The molecule has 2 aliphatic heterocycles. The minimum absolute atomic E-state index is 0.213. The topological polar surface area (TPSA) is 144 Å². The van der Waals surface area contributed by atoms with Crippen molar-refractivity contribution >= 4 is 81.4 Å². The van der Waals surface area contributed by atoms with Crippen LogP contribution in [-0.2, 0) is 19.1 Å². The van der Waals surface area contributed by atoms with Crippen LogP contribution < -0.4 is 24.6 Å². The van der Waals surface area contributed by atoms with Crippen LogP contribution in [0.3, 0.4) is 0 Å². The summed E-state index contributed by atoms with van der Waals surface area (Å²) >= 11 is 14.1. The van der Waals surface area contributed by atoms with Gasteiger partial charge >= 0.3 is 10.8 Å². The number of ether oxygens (including phenoxy) is 3. The van der Waals surface area contributed by atoms with Gasteiger partial charge in [0, 0.05) is 16.5 Å². The predicted octanol–water partition coefficient (Wildman–Crippen LogP) is 5.74. The quantitative estimate of drug-likeness (QED) is 0.164. The van der Waals surface area contributed by atoms with Crippen molar-refractivity contribution in [2.24, 2.45) is 5.92 Å². The molecule has 2 aliphatic rings. The lowest BCUT2D eigenvalue weighted by atomic mass is 9.83. The van der Waals surface area contributed by atoms with Crippen LogP contribution in [0.2, 0.25) is 10.0 Å². The fourth-order valence-corrected chi connectivity index (χ4v) is 8.32. The van der Waals surface area contributed by atoms with Gasteiger partial charge in [-0.05, 0) is 67.1 Å². The van der Waals surface area contributed by atoms with E-state index in [9.17, 15) is 24.0 Å². The number of aromatic amines is 1. The van der Waals surface area contributed by atoms with Crippen molar-refractivity contribution in [1.29, 1.82) is 0 Å². The van der Waals surface area contributed by atoms with Gasteiger partial charge in [-0.3, -0.25) is 19.2 Å². The lowest BCUT2D eigenvalue weighted by Gasteiger charge is -2.30. The second-order valence-electron chi connectivity index (χ2n) is 10.4. The minimum atomic E-state index is -0.843. The summed E-state index contributed by atoms with van der Waals surface area (Å²) in [5, 5.41) is 3.03. The van der Waals surface area contributed by atoms with Crippen LogP contribution in [0, 0.1) is 5.92 Å². The van der Waals surface area contributed by atoms with Gasteiger partial charge in [0.15, 0.2) is 18.1 Å². The Bertz CT molecular complexity index is 1960. The molecule has 1 fully saturated rings. The third kappa shape index (κ3) is 6.35. The molecule has 3 aromatic carbocycles. The van der Waals surface area contributed by atoms with Gasteiger partial charge in [-0.25, -0.2) is 9.69 Å². The van der Waals surface area contributed by atoms with Gasteiger partial charge in [0.2, 0.25) is 11.8 Å². The highest BCUT2D eigenvalue weighted by atomic mass is 35.5. The smallest absolute Gasteiger partial charge is 0.338 e. The third-order valence-corrected chi connectivity index (χ3v) is 10.7. The fraction of sp³-hybridized carbons (Fsp3) is 0.219. The monoisotopic (exact) mass is 713 g/mol. The molecule has 0 saturated carbocycles. The average molecular weight is 715 g/mol. The standard InChI is InChI=1S/C32H25Cl2N3O8S2/c1-3-44-31(41)15-4-8-18(9-5-15)37-29(39)25-24(26-28(36-32(42)47-26)46-27(25)30(37)40)16-6-11-21(22(12-16)43-2)45-14-23(38)35-17-7-10-19(33)20(34)13-17/h4-13,24-25,27H,3,14H2,1-2H3,(H,35,38)(H,36,42). The predicted molar refractivity (Wildman–Crippen MR) is 178 cm³/mol.